The average molecular weight is 398 g/mol. The smallest absolute Gasteiger partial charge is 0.188 e. The molecule has 3 heterocycles. The molecule has 1 atom stereocenters. The van der Waals surface area contributed by atoms with E-state index in [4.69, 9.17) is 0 Å². The number of alkyl halides is 2. The molecule has 0 aromatic carbocycles. The molecule has 1 saturated heterocycles. The minimum Gasteiger partial charge on any atom is -0.325 e. The molecule has 4 nitrogen and oxygen atoms in total. The topological polar surface area (TPSA) is 41.9 Å². The molecule has 1 fully saturated rings. The number of halogens is 3. The van der Waals surface area contributed by atoms with E-state index in [1.165, 1.54) is 11.9 Å². The molecule has 0 radical (unpaired) electrons. The van der Waals surface area contributed by atoms with Gasteiger partial charge in [0.05, 0.1) is 11.7 Å². The maximum Gasteiger partial charge on any atom is 0.188 e. The fourth-order valence-electron chi connectivity index (χ4n) is 3.03. The highest BCUT2D eigenvalue weighted by atomic mass is 79.9. The maximum atomic E-state index is 14.3. The van der Waals surface area contributed by atoms with Gasteiger partial charge in [-0.05, 0) is 47.0 Å². The molecule has 0 N–H and O–H groups in total. The lowest BCUT2D eigenvalue weighted by Gasteiger charge is -2.25. The first-order chi connectivity index (χ1) is 10.5. The summed E-state index contributed by atoms with van der Waals surface area (Å²) in [7, 11) is 0. The van der Waals surface area contributed by atoms with Crippen LogP contribution in [-0.4, -0.2) is 26.1 Å². The molecule has 2 aromatic rings. The normalized spacial score (nSPS) is 23.2. The molecule has 0 saturated carbocycles. The first-order valence-electron chi connectivity index (χ1n) is 7.18. The maximum absolute atomic E-state index is 14.3. The molecular formula is C16H15BrClFN4. The van der Waals surface area contributed by atoms with Gasteiger partial charge in [0.2, 0.25) is 0 Å². The van der Waals surface area contributed by atoms with Gasteiger partial charge in [0, 0.05) is 29.7 Å². The van der Waals surface area contributed by atoms with Gasteiger partial charge in [-0.2, -0.15) is 0 Å². The van der Waals surface area contributed by atoms with Crippen LogP contribution in [0.3, 0.4) is 0 Å². The van der Waals surface area contributed by atoms with Gasteiger partial charge in [0.15, 0.2) is 4.58 Å². The zero-order chi connectivity index (χ0) is 15.3. The third kappa shape index (κ3) is 2.85. The second-order valence-corrected chi connectivity index (χ2v) is 6.98. The molecule has 2 aliphatic rings. The Kier molecular flexibility index (Phi) is 4.14. The van der Waals surface area contributed by atoms with Crippen molar-refractivity contribution in [1.82, 2.24) is 15.0 Å². The van der Waals surface area contributed by atoms with E-state index in [2.05, 4.69) is 35.8 Å². The monoisotopic (exact) mass is 396 g/mol. The van der Waals surface area contributed by atoms with Crippen LogP contribution in [0.25, 0.3) is 10.9 Å². The number of aryl methyl sites for hydroxylation is 1. The van der Waals surface area contributed by atoms with Crippen molar-refractivity contribution in [3.63, 3.8) is 0 Å². The van der Waals surface area contributed by atoms with Crippen molar-refractivity contribution in [2.75, 3.05) is 11.4 Å². The quantitative estimate of drug-likeness (QED) is 0.675. The number of allylic oxidation sites excluding steroid dienone is 3. The van der Waals surface area contributed by atoms with Crippen molar-refractivity contribution in [2.45, 2.75) is 24.3 Å². The summed E-state index contributed by atoms with van der Waals surface area (Å²) in [6.45, 7) is 2.74. The predicted octanol–water partition coefficient (Wildman–Crippen LogP) is 4.24. The van der Waals surface area contributed by atoms with E-state index in [0.717, 1.165) is 41.1 Å². The number of fused-ring (bicyclic) bond motifs is 2. The third-order valence-corrected chi connectivity index (χ3v) is 4.64. The summed E-state index contributed by atoms with van der Waals surface area (Å²) in [6.07, 6.45) is 8.19. The van der Waals surface area contributed by atoms with Crippen LogP contribution in [0.2, 0.25) is 0 Å². The molecule has 0 bridgehead atoms. The molecule has 4 rings (SSSR count). The first-order valence-corrected chi connectivity index (χ1v) is 7.98. The van der Waals surface area contributed by atoms with Crippen molar-refractivity contribution in [3.8, 4) is 0 Å². The Labute approximate surface area is 148 Å². The number of hydrogen-bond acceptors (Lipinski definition) is 4. The number of pyridine rings is 1. The van der Waals surface area contributed by atoms with Crippen LogP contribution < -0.4 is 4.90 Å². The fourth-order valence-corrected chi connectivity index (χ4v) is 3.41. The lowest BCUT2D eigenvalue weighted by molar-refractivity contribution is 0.364. The third-order valence-electron chi connectivity index (χ3n) is 4.09. The average Bonchev–Trinajstić information content (AvgIpc) is 2.88. The molecule has 23 heavy (non-hydrogen) atoms. The van der Waals surface area contributed by atoms with Gasteiger partial charge in [-0.3, -0.25) is 4.98 Å². The van der Waals surface area contributed by atoms with Gasteiger partial charge in [-0.1, -0.05) is 6.08 Å². The largest absolute Gasteiger partial charge is 0.325 e. The number of anilines is 1. The first kappa shape index (κ1) is 16.3. The number of nitrogens with zero attached hydrogens (tertiary/aromatic N) is 4. The molecule has 1 aliphatic carbocycles. The summed E-state index contributed by atoms with van der Waals surface area (Å²) >= 11 is 3.13. The summed E-state index contributed by atoms with van der Waals surface area (Å²) in [4.78, 5) is 15.1. The highest BCUT2D eigenvalue weighted by Gasteiger charge is 2.34. The second kappa shape index (κ2) is 5.83. The summed E-state index contributed by atoms with van der Waals surface area (Å²) in [5, 5.41) is 0.946. The Morgan fingerprint density at radius 3 is 2.96 bits per heavy atom. The zero-order valence-electron chi connectivity index (χ0n) is 12.5. The fraction of sp³-hybridized carbons (Fsp3) is 0.312. The molecule has 0 amide bonds. The molecule has 7 heteroatoms. The Hall–Kier alpha value is -1.53. The number of hydrogen-bond donors (Lipinski definition) is 0. The molecule has 1 aliphatic heterocycles. The van der Waals surface area contributed by atoms with Gasteiger partial charge in [-0.25, -0.2) is 14.4 Å². The summed E-state index contributed by atoms with van der Waals surface area (Å²) in [5.41, 5.74) is 3.80. The Bertz CT molecular complexity index is 834. The lowest BCUT2D eigenvalue weighted by Crippen LogP contribution is -2.23. The van der Waals surface area contributed by atoms with Crippen LogP contribution in [0.4, 0.5) is 10.2 Å². The van der Waals surface area contributed by atoms with Gasteiger partial charge in [-0.15, -0.1) is 12.4 Å². The van der Waals surface area contributed by atoms with Crippen molar-refractivity contribution < 1.29 is 4.39 Å². The van der Waals surface area contributed by atoms with E-state index in [1.807, 2.05) is 19.1 Å². The summed E-state index contributed by atoms with van der Waals surface area (Å²) in [5.74, 6) is 0.815. The molecule has 120 valence electrons. The van der Waals surface area contributed by atoms with Crippen LogP contribution in [0, 0.1) is 6.92 Å². The van der Waals surface area contributed by atoms with E-state index in [0.29, 0.717) is 6.42 Å². The highest BCUT2D eigenvalue weighted by Crippen LogP contribution is 2.42. The van der Waals surface area contributed by atoms with E-state index in [9.17, 15) is 4.39 Å². The minimum atomic E-state index is -1.48. The minimum absolute atomic E-state index is 0. The number of aromatic nitrogens is 3. The van der Waals surface area contributed by atoms with Crippen LogP contribution in [0.5, 0.6) is 0 Å². The molecule has 2 aromatic heterocycles. The van der Waals surface area contributed by atoms with Crippen molar-refractivity contribution in [1.29, 1.82) is 0 Å². The standard InChI is InChI=1S/C16H14BrFN4.ClH/c1-10-6-12-13(8-19-10)20-9-21-15(12)22-5-3-11-2-4-16(17,18)7-14(11)22;/h2,6-9H,3-5H2,1H3;1H. The summed E-state index contributed by atoms with van der Waals surface area (Å²) < 4.78 is 12.8. The molecule has 0 spiro atoms. The van der Waals surface area contributed by atoms with Crippen LogP contribution in [-0.2, 0) is 0 Å². The lowest BCUT2D eigenvalue weighted by atomic mass is 10.0. The van der Waals surface area contributed by atoms with Crippen LogP contribution in [0.15, 0.2) is 42.0 Å². The van der Waals surface area contributed by atoms with Gasteiger partial charge >= 0.3 is 0 Å². The van der Waals surface area contributed by atoms with E-state index in [-0.39, 0.29) is 12.4 Å². The highest BCUT2D eigenvalue weighted by molar-refractivity contribution is 9.10. The van der Waals surface area contributed by atoms with Gasteiger partial charge in [0.25, 0.3) is 0 Å². The van der Waals surface area contributed by atoms with Crippen LogP contribution in [0.1, 0.15) is 18.5 Å². The zero-order valence-corrected chi connectivity index (χ0v) is 14.9. The molecular weight excluding hydrogens is 383 g/mol. The van der Waals surface area contributed by atoms with E-state index in [1.54, 1.807) is 12.3 Å². The van der Waals surface area contributed by atoms with Crippen molar-refractivity contribution in [2.24, 2.45) is 0 Å². The van der Waals surface area contributed by atoms with Crippen molar-refractivity contribution >= 4 is 45.1 Å². The number of rotatable bonds is 1. The van der Waals surface area contributed by atoms with E-state index >= 15 is 0 Å². The second-order valence-electron chi connectivity index (χ2n) is 5.67. The predicted molar refractivity (Wildman–Crippen MR) is 94.8 cm³/mol. The van der Waals surface area contributed by atoms with Crippen molar-refractivity contribution in [3.05, 3.63) is 47.7 Å². The Morgan fingerprint density at radius 1 is 1.30 bits per heavy atom. The Morgan fingerprint density at radius 2 is 2.13 bits per heavy atom. The van der Waals surface area contributed by atoms with Crippen LogP contribution >= 0.6 is 28.3 Å². The van der Waals surface area contributed by atoms with E-state index < -0.39 is 4.58 Å². The van der Waals surface area contributed by atoms with Gasteiger partial charge in [0.1, 0.15) is 12.1 Å². The SMILES string of the molecule is Cc1cc2c(N3CCC4=CCC(F)(Br)C=C43)ncnc2cn1.Cl. The summed E-state index contributed by atoms with van der Waals surface area (Å²) in [6, 6.07) is 1.98. The van der Waals surface area contributed by atoms with Gasteiger partial charge < -0.3 is 4.90 Å². The Balaban J connectivity index is 0.00000156. The molecule has 1 unspecified atom stereocenters.